The number of allylic oxidation sites excluding steroid dienone is 1. The Kier molecular flexibility index (Phi) is 2.00. The zero-order valence-electron chi connectivity index (χ0n) is 5.19. The fourth-order valence-electron chi connectivity index (χ4n) is 0.685. The van der Waals surface area contributed by atoms with E-state index in [0.717, 1.165) is 9.28 Å². The standard InChI is InChI=1S/C6H9IN2/c1-4-2-6(8)5(7)3-9-4/h2-4,9H,8H2,1H3. The third-order valence-corrected chi connectivity index (χ3v) is 2.11. The summed E-state index contributed by atoms with van der Waals surface area (Å²) >= 11 is 2.20. The lowest BCUT2D eigenvalue weighted by Crippen LogP contribution is -2.23. The second-order valence-corrected chi connectivity index (χ2v) is 3.23. The Morgan fingerprint density at radius 1 is 1.78 bits per heavy atom. The number of rotatable bonds is 0. The molecule has 0 aliphatic carbocycles. The first-order valence-electron chi connectivity index (χ1n) is 2.79. The molecule has 0 bridgehead atoms. The van der Waals surface area contributed by atoms with Crippen LogP contribution in [0.2, 0.25) is 0 Å². The molecule has 50 valence electrons. The van der Waals surface area contributed by atoms with Gasteiger partial charge in [0.1, 0.15) is 0 Å². The van der Waals surface area contributed by atoms with Crippen molar-refractivity contribution in [2.45, 2.75) is 13.0 Å². The van der Waals surface area contributed by atoms with E-state index < -0.39 is 0 Å². The number of nitrogens with two attached hydrogens (primary N) is 1. The molecule has 1 atom stereocenters. The van der Waals surface area contributed by atoms with Crippen molar-refractivity contribution in [3.63, 3.8) is 0 Å². The van der Waals surface area contributed by atoms with E-state index in [-0.39, 0.29) is 0 Å². The molecule has 0 amide bonds. The van der Waals surface area contributed by atoms with E-state index in [9.17, 15) is 0 Å². The number of hydrogen-bond donors (Lipinski definition) is 2. The molecule has 9 heavy (non-hydrogen) atoms. The van der Waals surface area contributed by atoms with Gasteiger partial charge in [0.15, 0.2) is 0 Å². The van der Waals surface area contributed by atoms with Gasteiger partial charge in [0.2, 0.25) is 0 Å². The van der Waals surface area contributed by atoms with Gasteiger partial charge in [-0.3, -0.25) is 0 Å². The van der Waals surface area contributed by atoms with Crippen LogP contribution in [0.4, 0.5) is 0 Å². The molecule has 2 nitrogen and oxygen atoms in total. The van der Waals surface area contributed by atoms with E-state index >= 15 is 0 Å². The van der Waals surface area contributed by atoms with Crippen LogP contribution < -0.4 is 11.1 Å². The Labute approximate surface area is 68.3 Å². The maximum absolute atomic E-state index is 5.61. The van der Waals surface area contributed by atoms with Crippen molar-refractivity contribution < 1.29 is 0 Å². The molecule has 1 rings (SSSR count). The third-order valence-electron chi connectivity index (χ3n) is 1.18. The van der Waals surface area contributed by atoms with Crippen LogP contribution >= 0.6 is 22.6 Å². The predicted molar refractivity (Wildman–Crippen MR) is 47.0 cm³/mol. The second kappa shape index (κ2) is 2.60. The summed E-state index contributed by atoms with van der Waals surface area (Å²) in [5.41, 5.74) is 6.49. The number of dihydropyridines is 1. The highest BCUT2D eigenvalue weighted by Crippen LogP contribution is 2.15. The van der Waals surface area contributed by atoms with Crippen molar-refractivity contribution in [1.82, 2.24) is 5.32 Å². The molecule has 1 heterocycles. The van der Waals surface area contributed by atoms with Crippen molar-refractivity contribution in [3.8, 4) is 0 Å². The monoisotopic (exact) mass is 236 g/mol. The minimum absolute atomic E-state index is 0.378. The third kappa shape index (κ3) is 1.61. The summed E-state index contributed by atoms with van der Waals surface area (Å²) in [7, 11) is 0. The van der Waals surface area contributed by atoms with E-state index in [1.54, 1.807) is 0 Å². The average Bonchev–Trinajstić information content (AvgIpc) is 1.80. The van der Waals surface area contributed by atoms with Gasteiger partial charge in [-0.15, -0.1) is 0 Å². The van der Waals surface area contributed by atoms with Crippen LogP contribution in [-0.2, 0) is 0 Å². The highest BCUT2D eigenvalue weighted by molar-refractivity contribution is 14.1. The summed E-state index contributed by atoms with van der Waals surface area (Å²) in [6, 6.07) is 0.378. The summed E-state index contributed by atoms with van der Waals surface area (Å²) in [5.74, 6) is 0. The molecule has 0 aromatic heterocycles. The number of nitrogens with one attached hydrogen (secondary N) is 1. The van der Waals surface area contributed by atoms with Gasteiger partial charge >= 0.3 is 0 Å². The van der Waals surface area contributed by atoms with Crippen LogP contribution in [0.25, 0.3) is 0 Å². The molecular weight excluding hydrogens is 227 g/mol. The molecule has 1 aliphatic rings. The molecule has 0 spiro atoms. The fraction of sp³-hybridized carbons (Fsp3) is 0.333. The lowest BCUT2D eigenvalue weighted by atomic mass is 10.2. The van der Waals surface area contributed by atoms with Crippen LogP contribution in [0.3, 0.4) is 0 Å². The Morgan fingerprint density at radius 3 is 2.89 bits per heavy atom. The molecular formula is C6H9IN2. The number of halogens is 1. The van der Waals surface area contributed by atoms with Crippen LogP contribution in [0, 0.1) is 0 Å². The van der Waals surface area contributed by atoms with Gasteiger partial charge in [0, 0.05) is 17.9 Å². The Bertz CT molecular complexity index is 172. The summed E-state index contributed by atoms with van der Waals surface area (Å²) in [6.45, 7) is 2.06. The van der Waals surface area contributed by atoms with Gasteiger partial charge in [0.05, 0.1) is 3.58 Å². The molecule has 1 aliphatic heterocycles. The highest BCUT2D eigenvalue weighted by atomic mass is 127. The normalized spacial score (nSPS) is 26.2. The van der Waals surface area contributed by atoms with E-state index in [2.05, 4.69) is 34.8 Å². The molecule has 0 saturated heterocycles. The van der Waals surface area contributed by atoms with Gasteiger partial charge in [-0.1, -0.05) is 0 Å². The topological polar surface area (TPSA) is 38.0 Å². The molecule has 0 saturated carbocycles. The lowest BCUT2D eigenvalue weighted by Gasteiger charge is -2.14. The molecule has 0 radical (unpaired) electrons. The van der Waals surface area contributed by atoms with Crippen molar-refractivity contribution >= 4 is 22.6 Å². The quantitative estimate of drug-likeness (QED) is 0.618. The van der Waals surface area contributed by atoms with Crippen LogP contribution in [0.15, 0.2) is 21.6 Å². The zero-order chi connectivity index (χ0) is 6.85. The van der Waals surface area contributed by atoms with Gasteiger partial charge in [-0.25, -0.2) is 0 Å². The fourth-order valence-corrected chi connectivity index (χ4v) is 1.04. The van der Waals surface area contributed by atoms with Crippen molar-refractivity contribution in [2.24, 2.45) is 5.73 Å². The van der Waals surface area contributed by atoms with E-state index in [1.807, 2.05) is 12.3 Å². The van der Waals surface area contributed by atoms with Crippen molar-refractivity contribution in [1.29, 1.82) is 0 Å². The van der Waals surface area contributed by atoms with E-state index in [4.69, 9.17) is 5.73 Å². The summed E-state index contributed by atoms with van der Waals surface area (Å²) < 4.78 is 1.09. The average molecular weight is 236 g/mol. The zero-order valence-corrected chi connectivity index (χ0v) is 7.34. The van der Waals surface area contributed by atoms with Crippen molar-refractivity contribution in [2.75, 3.05) is 0 Å². The molecule has 3 N–H and O–H groups in total. The Hall–Kier alpha value is -0.190. The van der Waals surface area contributed by atoms with Crippen LogP contribution in [-0.4, -0.2) is 6.04 Å². The molecule has 0 aromatic rings. The molecule has 0 aromatic carbocycles. The molecule has 1 unspecified atom stereocenters. The summed E-state index contributed by atoms with van der Waals surface area (Å²) in [4.78, 5) is 0. The Morgan fingerprint density at radius 2 is 2.44 bits per heavy atom. The second-order valence-electron chi connectivity index (χ2n) is 2.07. The summed E-state index contributed by atoms with van der Waals surface area (Å²) in [6.07, 6.45) is 3.93. The molecule has 3 heteroatoms. The molecule has 0 fully saturated rings. The van der Waals surface area contributed by atoms with Crippen molar-refractivity contribution in [3.05, 3.63) is 21.6 Å². The highest BCUT2D eigenvalue weighted by Gasteiger charge is 2.04. The first-order chi connectivity index (χ1) is 4.20. The maximum Gasteiger partial charge on any atom is 0.0514 e. The smallest absolute Gasteiger partial charge is 0.0514 e. The van der Waals surface area contributed by atoms with Gasteiger partial charge in [-0.05, 0) is 35.6 Å². The van der Waals surface area contributed by atoms with E-state index in [0.29, 0.717) is 6.04 Å². The van der Waals surface area contributed by atoms with Crippen LogP contribution in [0.1, 0.15) is 6.92 Å². The summed E-state index contributed by atoms with van der Waals surface area (Å²) in [5, 5.41) is 3.14. The minimum Gasteiger partial charge on any atom is -0.398 e. The van der Waals surface area contributed by atoms with E-state index in [1.165, 1.54) is 0 Å². The number of hydrogen-bond acceptors (Lipinski definition) is 2. The first-order valence-corrected chi connectivity index (χ1v) is 3.87. The van der Waals surface area contributed by atoms with Gasteiger partial charge < -0.3 is 11.1 Å². The first kappa shape index (κ1) is 6.92. The van der Waals surface area contributed by atoms with Gasteiger partial charge in [-0.2, -0.15) is 0 Å². The SMILES string of the molecule is CC1C=C(N)C(I)=CN1. The predicted octanol–water partition coefficient (Wildman–Crippen LogP) is 1.10. The van der Waals surface area contributed by atoms with Gasteiger partial charge in [0.25, 0.3) is 0 Å². The van der Waals surface area contributed by atoms with Crippen LogP contribution in [0.5, 0.6) is 0 Å². The maximum atomic E-state index is 5.61. The minimum atomic E-state index is 0.378. The Balaban J connectivity index is 2.75. The lowest BCUT2D eigenvalue weighted by molar-refractivity contribution is 0.751. The largest absolute Gasteiger partial charge is 0.398 e.